The van der Waals surface area contributed by atoms with Crippen molar-refractivity contribution < 1.29 is 4.79 Å². The fourth-order valence-electron chi connectivity index (χ4n) is 2.02. The number of carbonyl (C=O) groups is 1. The third-order valence-electron chi connectivity index (χ3n) is 3.09. The van der Waals surface area contributed by atoms with Crippen LogP contribution in [0.3, 0.4) is 0 Å². The molecule has 0 aromatic rings. The summed E-state index contributed by atoms with van der Waals surface area (Å²) < 4.78 is 0. The molecule has 0 aromatic carbocycles. The van der Waals surface area contributed by atoms with Gasteiger partial charge in [0, 0.05) is 25.0 Å². The zero-order valence-corrected chi connectivity index (χ0v) is 8.54. The van der Waals surface area contributed by atoms with Gasteiger partial charge in [-0.25, -0.2) is 0 Å². The Hall–Kier alpha value is -0.990. The van der Waals surface area contributed by atoms with Crippen LogP contribution in [-0.2, 0) is 4.79 Å². The molecule has 0 unspecified atom stereocenters. The monoisotopic (exact) mass is 194 g/mol. The Morgan fingerprint density at radius 1 is 1.29 bits per heavy atom. The Labute approximate surface area is 85.2 Å². The molecule has 2 rings (SSSR count). The molecule has 1 heterocycles. The number of likely N-dealkylation sites (tertiary alicyclic amines) is 1. The van der Waals surface area contributed by atoms with Crippen LogP contribution in [0.1, 0.15) is 25.7 Å². The van der Waals surface area contributed by atoms with Crippen LogP contribution in [0, 0.1) is 5.92 Å². The van der Waals surface area contributed by atoms with Crippen LogP contribution >= 0.6 is 0 Å². The Balaban J connectivity index is 1.77. The fraction of sp³-hybridized carbons (Fsp3) is 0.727. The molecule has 2 aliphatic rings. The van der Waals surface area contributed by atoms with Crippen LogP contribution < -0.4 is 5.32 Å². The maximum atomic E-state index is 11.7. The number of nitrogens with zero attached hydrogens (tertiary/aromatic N) is 1. The topological polar surface area (TPSA) is 32.3 Å². The summed E-state index contributed by atoms with van der Waals surface area (Å²) in [4.78, 5) is 13.7. The molecule has 0 bridgehead atoms. The molecule has 0 aromatic heterocycles. The number of carbonyl (C=O) groups excluding carboxylic acids is 1. The highest BCUT2D eigenvalue weighted by Crippen LogP contribution is 2.31. The van der Waals surface area contributed by atoms with Gasteiger partial charge >= 0.3 is 0 Å². The smallest absolute Gasteiger partial charge is 0.225 e. The molecule has 0 atom stereocenters. The predicted molar refractivity (Wildman–Crippen MR) is 55.7 cm³/mol. The maximum absolute atomic E-state index is 11.7. The van der Waals surface area contributed by atoms with Crippen LogP contribution in [0.15, 0.2) is 12.8 Å². The highest BCUT2D eigenvalue weighted by molar-refractivity contribution is 5.81. The van der Waals surface area contributed by atoms with Crippen LogP contribution in [0.4, 0.5) is 0 Å². The number of nitrogens with one attached hydrogen (secondary N) is 1. The predicted octanol–water partition coefficient (Wildman–Crippen LogP) is 1.12. The lowest BCUT2D eigenvalue weighted by Gasteiger charge is -2.32. The summed E-state index contributed by atoms with van der Waals surface area (Å²) in [6.07, 6.45) is 6.10. The van der Waals surface area contributed by atoms with Gasteiger partial charge in [0.25, 0.3) is 0 Å². The lowest BCUT2D eigenvalue weighted by molar-refractivity contribution is -0.133. The van der Waals surface area contributed by atoms with Crippen molar-refractivity contribution >= 4 is 5.91 Å². The van der Waals surface area contributed by atoms with E-state index in [4.69, 9.17) is 0 Å². The average Bonchev–Trinajstić information content (AvgIpc) is 3.02. The van der Waals surface area contributed by atoms with Gasteiger partial charge in [0.05, 0.1) is 0 Å². The van der Waals surface area contributed by atoms with Gasteiger partial charge in [-0.05, 0) is 31.9 Å². The van der Waals surface area contributed by atoms with E-state index in [1.165, 1.54) is 0 Å². The number of piperidine rings is 1. The molecule has 78 valence electrons. The van der Waals surface area contributed by atoms with Gasteiger partial charge in [-0.3, -0.25) is 4.79 Å². The molecule has 14 heavy (non-hydrogen) atoms. The van der Waals surface area contributed by atoms with Crippen LogP contribution in [0.2, 0.25) is 0 Å². The Morgan fingerprint density at radius 3 is 2.43 bits per heavy atom. The summed E-state index contributed by atoms with van der Waals surface area (Å²) in [5.74, 6) is 0.765. The van der Waals surface area contributed by atoms with Crippen molar-refractivity contribution in [1.29, 1.82) is 0 Å². The normalized spacial score (nSPS) is 23.3. The Kier molecular flexibility index (Phi) is 2.75. The second-order valence-electron chi connectivity index (χ2n) is 4.24. The fourth-order valence-corrected chi connectivity index (χ4v) is 2.02. The second kappa shape index (κ2) is 4.03. The third kappa shape index (κ3) is 2.08. The van der Waals surface area contributed by atoms with Crippen LogP contribution in [-0.4, -0.2) is 29.9 Å². The molecule has 1 saturated carbocycles. The summed E-state index contributed by atoms with van der Waals surface area (Å²) in [6, 6.07) is 0.524. The summed E-state index contributed by atoms with van der Waals surface area (Å²) >= 11 is 0. The van der Waals surface area contributed by atoms with E-state index in [-0.39, 0.29) is 0 Å². The van der Waals surface area contributed by atoms with Gasteiger partial charge < -0.3 is 10.2 Å². The molecule has 1 amide bonds. The molecule has 3 heteroatoms. The Morgan fingerprint density at radius 2 is 1.93 bits per heavy atom. The second-order valence-corrected chi connectivity index (χ2v) is 4.24. The van der Waals surface area contributed by atoms with Gasteiger partial charge in [0.15, 0.2) is 0 Å². The molecule has 1 aliphatic carbocycles. The zero-order chi connectivity index (χ0) is 9.97. The van der Waals surface area contributed by atoms with E-state index < -0.39 is 0 Å². The first-order valence-corrected chi connectivity index (χ1v) is 5.47. The lowest BCUT2D eigenvalue weighted by Crippen LogP contribution is -2.44. The molecular weight excluding hydrogens is 176 g/mol. The van der Waals surface area contributed by atoms with Gasteiger partial charge in [0.1, 0.15) is 0 Å². The van der Waals surface area contributed by atoms with E-state index in [2.05, 4.69) is 11.9 Å². The lowest BCUT2D eigenvalue weighted by atomic mass is 10.0. The van der Waals surface area contributed by atoms with Gasteiger partial charge in [-0.2, -0.15) is 0 Å². The van der Waals surface area contributed by atoms with E-state index in [1.807, 2.05) is 4.90 Å². The maximum Gasteiger partial charge on any atom is 0.225 e. The van der Waals surface area contributed by atoms with E-state index in [9.17, 15) is 4.79 Å². The molecule has 3 nitrogen and oxygen atoms in total. The standard InChI is InChI=1S/C11H18N2O/c1-2-12-10-5-7-13(8-6-10)11(14)9-3-4-9/h2,9-10,12H,1,3-8H2. The number of amides is 1. The molecule has 2 fully saturated rings. The first-order chi connectivity index (χ1) is 6.81. The first-order valence-electron chi connectivity index (χ1n) is 5.47. The number of hydrogen-bond donors (Lipinski definition) is 1. The quantitative estimate of drug-likeness (QED) is 0.730. The van der Waals surface area contributed by atoms with Crippen molar-refractivity contribution in [3.8, 4) is 0 Å². The number of hydrogen-bond acceptors (Lipinski definition) is 2. The summed E-state index contributed by atoms with van der Waals surface area (Å²) in [6.45, 7) is 5.49. The third-order valence-corrected chi connectivity index (χ3v) is 3.09. The minimum atomic E-state index is 0.374. The molecule has 1 saturated heterocycles. The Bertz CT molecular complexity index is 227. The van der Waals surface area contributed by atoms with Crippen molar-refractivity contribution in [2.75, 3.05) is 13.1 Å². The molecule has 1 aliphatic heterocycles. The molecular formula is C11H18N2O. The summed E-state index contributed by atoms with van der Waals surface area (Å²) in [5.41, 5.74) is 0. The average molecular weight is 194 g/mol. The summed E-state index contributed by atoms with van der Waals surface area (Å²) in [7, 11) is 0. The minimum absolute atomic E-state index is 0.374. The highest BCUT2D eigenvalue weighted by Gasteiger charge is 2.34. The van der Waals surface area contributed by atoms with Crippen molar-refractivity contribution in [1.82, 2.24) is 10.2 Å². The van der Waals surface area contributed by atoms with Gasteiger partial charge in [-0.15, -0.1) is 0 Å². The van der Waals surface area contributed by atoms with Gasteiger partial charge in [-0.1, -0.05) is 6.58 Å². The van der Waals surface area contributed by atoms with Gasteiger partial charge in [0.2, 0.25) is 5.91 Å². The van der Waals surface area contributed by atoms with Crippen molar-refractivity contribution in [2.24, 2.45) is 5.92 Å². The van der Waals surface area contributed by atoms with Crippen molar-refractivity contribution in [3.63, 3.8) is 0 Å². The van der Waals surface area contributed by atoms with E-state index in [0.717, 1.165) is 38.8 Å². The van der Waals surface area contributed by atoms with E-state index >= 15 is 0 Å². The first kappa shape index (κ1) is 9.56. The van der Waals surface area contributed by atoms with E-state index in [0.29, 0.717) is 17.9 Å². The van der Waals surface area contributed by atoms with Crippen LogP contribution in [0.5, 0.6) is 0 Å². The van der Waals surface area contributed by atoms with Crippen LogP contribution in [0.25, 0.3) is 0 Å². The largest absolute Gasteiger partial charge is 0.388 e. The zero-order valence-electron chi connectivity index (χ0n) is 8.54. The SMILES string of the molecule is C=CNC1CCN(C(=O)C2CC2)CC1. The highest BCUT2D eigenvalue weighted by atomic mass is 16.2. The molecule has 0 radical (unpaired) electrons. The molecule has 0 spiro atoms. The molecule has 1 N–H and O–H groups in total. The van der Waals surface area contributed by atoms with Crippen molar-refractivity contribution in [3.05, 3.63) is 12.8 Å². The van der Waals surface area contributed by atoms with E-state index in [1.54, 1.807) is 6.20 Å². The minimum Gasteiger partial charge on any atom is -0.388 e. The number of rotatable bonds is 3. The van der Waals surface area contributed by atoms with Crippen molar-refractivity contribution in [2.45, 2.75) is 31.7 Å². The summed E-state index contributed by atoms with van der Waals surface area (Å²) in [5, 5.41) is 3.21.